The van der Waals surface area contributed by atoms with Crippen molar-refractivity contribution in [3.05, 3.63) is 59.7 Å². The Bertz CT molecular complexity index is 795. The molecule has 0 spiro atoms. The van der Waals surface area contributed by atoms with Gasteiger partial charge in [-0.2, -0.15) is 0 Å². The number of fused-ring (bicyclic) bond motifs is 1. The number of aryl methyl sites for hydroxylation is 1. The van der Waals surface area contributed by atoms with Gasteiger partial charge >= 0.3 is 0 Å². The fourth-order valence-corrected chi connectivity index (χ4v) is 2.01. The van der Waals surface area contributed by atoms with Crippen molar-refractivity contribution in [3.8, 4) is 0 Å². The SMILES string of the molecule is Cc1ccnc(NC(=O)c2cc3cc(F)ccc3[nH]2)c1. The smallest absolute Gasteiger partial charge is 0.273 e. The van der Waals surface area contributed by atoms with Gasteiger partial charge < -0.3 is 10.3 Å². The van der Waals surface area contributed by atoms with E-state index in [0.29, 0.717) is 22.4 Å². The lowest BCUT2D eigenvalue weighted by molar-refractivity contribution is 0.102. The largest absolute Gasteiger partial charge is 0.351 e. The molecule has 2 aromatic heterocycles. The Morgan fingerprint density at radius 1 is 1.25 bits per heavy atom. The molecule has 3 aromatic rings. The second-order valence-corrected chi connectivity index (χ2v) is 4.59. The van der Waals surface area contributed by atoms with Crippen molar-refractivity contribution in [1.29, 1.82) is 0 Å². The van der Waals surface area contributed by atoms with E-state index in [1.54, 1.807) is 24.4 Å². The molecule has 0 saturated carbocycles. The van der Waals surface area contributed by atoms with E-state index in [-0.39, 0.29) is 11.7 Å². The Kier molecular flexibility index (Phi) is 2.95. The number of hydrogen-bond acceptors (Lipinski definition) is 2. The molecule has 1 amide bonds. The highest BCUT2D eigenvalue weighted by atomic mass is 19.1. The van der Waals surface area contributed by atoms with Crippen molar-refractivity contribution in [2.75, 3.05) is 5.32 Å². The summed E-state index contributed by atoms with van der Waals surface area (Å²) in [6.45, 7) is 1.92. The topological polar surface area (TPSA) is 57.8 Å². The van der Waals surface area contributed by atoms with E-state index < -0.39 is 0 Å². The summed E-state index contributed by atoms with van der Waals surface area (Å²) in [5.74, 6) is -0.150. The lowest BCUT2D eigenvalue weighted by Crippen LogP contribution is -2.13. The minimum Gasteiger partial charge on any atom is -0.351 e. The third kappa shape index (κ3) is 2.38. The Labute approximate surface area is 114 Å². The molecule has 20 heavy (non-hydrogen) atoms. The molecule has 0 aliphatic rings. The maximum atomic E-state index is 13.1. The molecule has 5 heteroatoms. The zero-order valence-electron chi connectivity index (χ0n) is 10.8. The van der Waals surface area contributed by atoms with Gasteiger partial charge in [0.05, 0.1) is 0 Å². The van der Waals surface area contributed by atoms with Gasteiger partial charge in [0.1, 0.15) is 17.3 Å². The van der Waals surface area contributed by atoms with E-state index in [9.17, 15) is 9.18 Å². The quantitative estimate of drug-likeness (QED) is 0.750. The predicted octanol–water partition coefficient (Wildman–Crippen LogP) is 3.26. The molecule has 0 fully saturated rings. The summed E-state index contributed by atoms with van der Waals surface area (Å²) in [4.78, 5) is 19.1. The van der Waals surface area contributed by atoms with Crippen LogP contribution in [0.4, 0.5) is 10.2 Å². The highest BCUT2D eigenvalue weighted by molar-refractivity contribution is 6.05. The summed E-state index contributed by atoms with van der Waals surface area (Å²) in [5, 5.41) is 3.36. The van der Waals surface area contributed by atoms with E-state index in [1.807, 2.05) is 13.0 Å². The Hall–Kier alpha value is -2.69. The first-order valence-electron chi connectivity index (χ1n) is 6.14. The van der Waals surface area contributed by atoms with Crippen LogP contribution >= 0.6 is 0 Å². The van der Waals surface area contributed by atoms with Crippen LogP contribution in [0.3, 0.4) is 0 Å². The van der Waals surface area contributed by atoms with Crippen LogP contribution in [0.5, 0.6) is 0 Å². The number of aromatic nitrogens is 2. The summed E-state index contributed by atoms with van der Waals surface area (Å²) in [6, 6.07) is 9.58. The third-order valence-electron chi connectivity index (χ3n) is 2.98. The second-order valence-electron chi connectivity index (χ2n) is 4.59. The monoisotopic (exact) mass is 269 g/mol. The number of pyridine rings is 1. The number of benzene rings is 1. The molecule has 2 heterocycles. The standard InChI is InChI=1S/C15H12FN3O/c1-9-4-5-17-14(6-9)19-15(20)13-8-10-7-11(16)2-3-12(10)18-13/h2-8,18H,1H3,(H,17,19,20). The van der Waals surface area contributed by atoms with Gasteiger partial charge in [-0.3, -0.25) is 4.79 Å². The van der Waals surface area contributed by atoms with Gasteiger partial charge in [-0.1, -0.05) is 0 Å². The number of nitrogens with zero attached hydrogens (tertiary/aromatic N) is 1. The number of hydrogen-bond donors (Lipinski definition) is 2. The average molecular weight is 269 g/mol. The summed E-state index contributed by atoms with van der Waals surface area (Å²) < 4.78 is 13.1. The molecule has 100 valence electrons. The number of anilines is 1. The molecule has 4 nitrogen and oxygen atoms in total. The first-order valence-corrected chi connectivity index (χ1v) is 6.14. The Morgan fingerprint density at radius 3 is 2.90 bits per heavy atom. The molecule has 0 aliphatic heterocycles. The predicted molar refractivity (Wildman–Crippen MR) is 75.2 cm³/mol. The van der Waals surface area contributed by atoms with Gasteiger partial charge in [-0.15, -0.1) is 0 Å². The van der Waals surface area contributed by atoms with Crippen molar-refractivity contribution in [2.45, 2.75) is 6.92 Å². The summed E-state index contributed by atoms with van der Waals surface area (Å²) in [6.07, 6.45) is 1.63. The molecule has 1 aromatic carbocycles. The number of amides is 1. The molecule has 0 bridgehead atoms. The van der Waals surface area contributed by atoms with Crippen LogP contribution in [0.1, 0.15) is 16.1 Å². The van der Waals surface area contributed by atoms with E-state index in [1.165, 1.54) is 12.1 Å². The number of aromatic amines is 1. The lowest BCUT2D eigenvalue weighted by atomic mass is 10.2. The minimum atomic E-state index is -0.330. The maximum Gasteiger partial charge on any atom is 0.273 e. The van der Waals surface area contributed by atoms with Crippen LogP contribution in [0.2, 0.25) is 0 Å². The molecule has 2 N–H and O–H groups in total. The molecule has 0 aliphatic carbocycles. The summed E-state index contributed by atoms with van der Waals surface area (Å²) >= 11 is 0. The highest BCUT2D eigenvalue weighted by Crippen LogP contribution is 2.17. The zero-order chi connectivity index (χ0) is 14.1. The average Bonchev–Trinajstić information content (AvgIpc) is 2.81. The number of carbonyl (C=O) groups excluding carboxylic acids is 1. The van der Waals surface area contributed by atoms with Gasteiger partial charge in [0.15, 0.2) is 0 Å². The molecule has 3 rings (SSSR count). The van der Waals surface area contributed by atoms with Gasteiger partial charge in [0, 0.05) is 17.1 Å². The second kappa shape index (κ2) is 4.77. The van der Waals surface area contributed by atoms with Gasteiger partial charge in [0.25, 0.3) is 5.91 Å². The van der Waals surface area contributed by atoms with Gasteiger partial charge in [-0.05, 0) is 48.9 Å². The summed E-state index contributed by atoms with van der Waals surface area (Å²) in [7, 11) is 0. The molecule has 0 unspecified atom stereocenters. The van der Waals surface area contributed by atoms with Gasteiger partial charge in [0.2, 0.25) is 0 Å². The number of rotatable bonds is 2. The van der Waals surface area contributed by atoms with Crippen molar-refractivity contribution in [3.63, 3.8) is 0 Å². The molecule has 0 atom stereocenters. The van der Waals surface area contributed by atoms with Crippen molar-refractivity contribution >= 4 is 22.6 Å². The van der Waals surface area contributed by atoms with Gasteiger partial charge in [-0.25, -0.2) is 9.37 Å². The number of nitrogens with one attached hydrogen (secondary N) is 2. The van der Waals surface area contributed by atoms with Crippen LogP contribution in [0.25, 0.3) is 10.9 Å². The van der Waals surface area contributed by atoms with Crippen LogP contribution in [0, 0.1) is 12.7 Å². The lowest BCUT2D eigenvalue weighted by Gasteiger charge is -2.03. The van der Waals surface area contributed by atoms with Crippen LogP contribution in [-0.4, -0.2) is 15.9 Å². The van der Waals surface area contributed by atoms with Crippen molar-refractivity contribution in [1.82, 2.24) is 9.97 Å². The normalized spacial score (nSPS) is 10.7. The summed E-state index contributed by atoms with van der Waals surface area (Å²) in [5.41, 5.74) is 2.09. The Morgan fingerprint density at radius 2 is 2.10 bits per heavy atom. The molecular formula is C15H12FN3O. The third-order valence-corrected chi connectivity index (χ3v) is 2.98. The zero-order valence-corrected chi connectivity index (χ0v) is 10.8. The first-order chi connectivity index (χ1) is 9.61. The fraction of sp³-hybridized carbons (Fsp3) is 0.0667. The maximum absolute atomic E-state index is 13.1. The number of carbonyl (C=O) groups is 1. The molecule has 0 saturated heterocycles. The van der Waals surface area contributed by atoms with Crippen molar-refractivity contribution in [2.24, 2.45) is 0 Å². The number of H-pyrrole nitrogens is 1. The van der Waals surface area contributed by atoms with E-state index in [0.717, 1.165) is 5.56 Å². The van der Waals surface area contributed by atoms with E-state index >= 15 is 0 Å². The van der Waals surface area contributed by atoms with Crippen LogP contribution < -0.4 is 5.32 Å². The van der Waals surface area contributed by atoms with Crippen LogP contribution in [-0.2, 0) is 0 Å². The Balaban J connectivity index is 1.88. The first kappa shape index (κ1) is 12.3. The van der Waals surface area contributed by atoms with E-state index in [2.05, 4.69) is 15.3 Å². The fourth-order valence-electron chi connectivity index (χ4n) is 2.01. The number of halogens is 1. The molecular weight excluding hydrogens is 257 g/mol. The van der Waals surface area contributed by atoms with E-state index in [4.69, 9.17) is 0 Å². The van der Waals surface area contributed by atoms with Crippen LogP contribution in [0.15, 0.2) is 42.6 Å². The van der Waals surface area contributed by atoms with Crippen molar-refractivity contribution < 1.29 is 9.18 Å². The minimum absolute atomic E-state index is 0.306. The molecule has 0 radical (unpaired) electrons. The highest BCUT2D eigenvalue weighted by Gasteiger charge is 2.10.